The average Bonchev–Trinajstić information content (AvgIpc) is 3.26. The van der Waals surface area contributed by atoms with Gasteiger partial charge in [0, 0.05) is 5.56 Å². The van der Waals surface area contributed by atoms with Gasteiger partial charge in [-0.05, 0) is 60.2 Å². The van der Waals surface area contributed by atoms with Gasteiger partial charge in [-0.3, -0.25) is 4.79 Å². The molecule has 0 atom stereocenters. The van der Waals surface area contributed by atoms with Crippen LogP contribution in [0, 0.1) is 0 Å². The molecule has 156 valence electrons. The topological polar surface area (TPSA) is 75.5 Å². The molecule has 0 N–H and O–H groups in total. The first-order valence-electron chi connectivity index (χ1n) is 9.58. The van der Waals surface area contributed by atoms with Crippen molar-refractivity contribution in [1.82, 2.24) is 15.0 Å². The average molecular weight is 415 g/mol. The summed E-state index contributed by atoms with van der Waals surface area (Å²) in [5.74, 6) is 1.44. The highest BCUT2D eigenvalue weighted by Crippen LogP contribution is 2.38. The first-order chi connectivity index (χ1) is 15.1. The van der Waals surface area contributed by atoms with Crippen LogP contribution in [0.15, 0.2) is 66.7 Å². The fourth-order valence-electron chi connectivity index (χ4n) is 3.29. The molecule has 1 heterocycles. The lowest BCUT2D eigenvalue weighted by Crippen LogP contribution is -1.99. The van der Waals surface area contributed by atoms with Crippen LogP contribution < -0.4 is 14.2 Å². The first kappa shape index (κ1) is 20.2. The number of hydrogen-bond donors (Lipinski definition) is 0. The molecule has 0 aliphatic rings. The van der Waals surface area contributed by atoms with Gasteiger partial charge >= 0.3 is 0 Å². The number of carbonyl (C=O) groups is 1. The molecule has 31 heavy (non-hydrogen) atoms. The largest absolute Gasteiger partial charge is 0.493 e. The van der Waals surface area contributed by atoms with E-state index in [2.05, 4.69) is 10.3 Å². The van der Waals surface area contributed by atoms with Crippen LogP contribution in [-0.4, -0.2) is 42.1 Å². The molecule has 0 radical (unpaired) electrons. The number of hydrogen-bond acceptors (Lipinski definition) is 6. The smallest absolute Gasteiger partial charge is 0.203 e. The fourth-order valence-corrected chi connectivity index (χ4v) is 3.29. The molecule has 0 aliphatic heterocycles. The predicted molar refractivity (Wildman–Crippen MR) is 118 cm³/mol. The number of fused-ring (bicyclic) bond motifs is 1. The highest BCUT2D eigenvalue weighted by Gasteiger charge is 2.12. The maximum Gasteiger partial charge on any atom is 0.203 e. The maximum atomic E-state index is 12.7. The Hall–Kier alpha value is -4.13. The van der Waals surface area contributed by atoms with Crippen molar-refractivity contribution in [2.45, 2.75) is 0 Å². The quantitative estimate of drug-likeness (QED) is 0.330. The van der Waals surface area contributed by atoms with E-state index in [0.29, 0.717) is 22.8 Å². The van der Waals surface area contributed by atoms with Gasteiger partial charge in [0.2, 0.25) is 5.75 Å². The number of carbonyl (C=O) groups excluding carboxylic acids is 1. The number of benzene rings is 3. The number of rotatable bonds is 7. The second-order valence-electron chi connectivity index (χ2n) is 6.69. The Bertz CT molecular complexity index is 1230. The summed E-state index contributed by atoms with van der Waals surface area (Å²) in [6.07, 6.45) is 3.23. The molecule has 1 aromatic heterocycles. The Labute approximate surface area is 179 Å². The van der Waals surface area contributed by atoms with Crippen LogP contribution in [-0.2, 0) is 0 Å². The van der Waals surface area contributed by atoms with E-state index >= 15 is 0 Å². The van der Waals surface area contributed by atoms with E-state index in [0.717, 1.165) is 22.3 Å². The molecule has 0 aliphatic carbocycles. The summed E-state index contributed by atoms with van der Waals surface area (Å²) >= 11 is 0. The summed E-state index contributed by atoms with van der Waals surface area (Å²) < 4.78 is 17.8. The maximum absolute atomic E-state index is 12.7. The molecule has 0 amide bonds. The molecular weight excluding hydrogens is 394 g/mol. The number of ketones is 1. The second kappa shape index (κ2) is 8.71. The van der Waals surface area contributed by atoms with Crippen LogP contribution in [0.1, 0.15) is 15.9 Å². The summed E-state index contributed by atoms with van der Waals surface area (Å²) in [6.45, 7) is 0. The van der Waals surface area contributed by atoms with Gasteiger partial charge in [0.15, 0.2) is 17.3 Å². The molecule has 3 aromatic carbocycles. The zero-order valence-corrected chi connectivity index (χ0v) is 17.4. The van der Waals surface area contributed by atoms with E-state index in [-0.39, 0.29) is 5.78 Å². The molecule has 0 spiro atoms. The van der Waals surface area contributed by atoms with Crippen LogP contribution in [0.4, 0.5) is 0 Å². The summed E-state index contributed by atoms with van der Waals surface area (Å²) in [7, 11) is 4.65. The lowest BCUT2D eigenvalue weighted by molar-refractivity contribution is 0.104. The van der Waals surface area contributed by atoms with Gasteiger partial charge in [0.1, 0.15) is 5.52 Å². The van der Waals surface area contributed by atoms with E-state index in [1.54, 1.807) is 56.4 Å². The van der Waals surface area contributed by atoms with Crippen LogP contribution in [0.5, 0.6) is 17.2 Å². The van der Waals surface area contributed by atoms with E-state index in [1.807, 2.05) is 36.4 Å². The first-order valence-corrected chi connectivity index (χ1v) is 9.58. The highest BCUT2D eigenvalue weighted by atomic mass is 16.5. The third kappa shape index (κ3) is 3.98. The van der Waals surface area contributed by atoms with Crippen molar-refractivity contribution in [2.24, 2.45) is 0 Å². The van der Waals surface area contributed by atoms with Gasteiger partial charge in [-0.25, -0.2) is 4.68 Å². The normalized spacial score (nSPS) is 11.1. The monoisotopic (exact) mass is 415 g/mol. The van der Waals surface area contributed by atoms with Crippen molar-refractivity contribution in [3.63, 3.8) is 0 Å². The van der Waals surface area contributed by atoms with Crippen molar-refractivity contribution in [3.8, 4) is 22.9 Å². The molecule has 4 rings (SSSR count). The zero-order chi connectivity index (χ0) is 21.8. The second-order valence-corrected chi connectivity index (χ2v) is 6.69. The number of nitrogens with zero attached hydrogens (tertiary/aromatic N) is 3. The summed E-state index contributed by atoms with van der Waals surface area (Å²) in [6, 6.07) is 18.5. The number of para-hydroxylation sites is 1. The van der Waals surface area contributed by atoms with Crippen LogP contribution in [0.3, 0.4) is 0 Å². The lowest BCUT2D eigenvalue weighted by Gasteiger charge is -2.12. The van der Waals surface area contributed by atoms with Crippen LogP contribution in [0.2, 0.25) is 0 Å². The Morgan fingerprint density at radius 2 is 1.58 bits per heavy atom. The number of allylic oxidation sites excluding steroid dienone is 1. The van der Waals surface area contributed by atoms with Gasteiger partial charge < -0.3 is 14.2 Å². The van der Waals surface area contributed by atoms with E-state index < -0.39 is 0 Å². The van der Waals surface area contributed by atoms with Gasteiger partial charge in [0.05, 0.1) is 32.5 Å². The van der Waals surface area contributed by atoms with Gasteiger partial charge in [-0.15, -0.1) is 5.10 Å². The number of aromatic nitrogens is 3. The lowest BCUT2D eigenvalue weighted by atomic mass is 10.1. The molecule has 0 saturated carbocycles. The van der Waals surface area contributed by atoms with Crippen molar-refractivity contribution in [3.05, 3.63) is 77.9 Å². The Kier molecular flexibility index (Phi) is 5.66. The SMILES string of the molecule is COc1cc(/C=C/C(=O)c2ccc(-n3nnc4ccccc43)cc2)cc(OC)c1OC. The van der Waals surface area contributed by atoms with E-state index in [9.17, 15) is 4.79 Å². The van der Waals surface area contributed by atoms with E-state index in [1.165, 1.54) is 6.08 Å². The van der Waals surface area contributed by atoms with E-state index in [4.69, 9.17) is 14.2 Å². The van der Waals surface area contributed by atoms with Crippen molar-refractivity contribution in [2.75, 3.05) is 21.3 Å². The molecule has 0 fully saturated rings. The predicted octanol–water partition coefficient (Wildman–Crippen LogP) is 4.34. The van der Waals surface area contributed by atoms with Crippen LogP contribution in [0.25, 0.3) is 22.8 Å². The molecule has 0 bridgehead atoms. The number of methoxy groups -OCH3 is 3. The third-order valence-corrected chi connectivity index (χ3v) is 4.86. The minimum absolute atomic E-state index is 0.122. The third-order valence-electron chi connectivity index (χ3n) is 4.86. The van der Waals surface area contributed by atoms with Crippen molar-refractivity contribution >= 4 is 22.9 Å². The Morgan fingerprint density at radius 1 is 0.903 bits per heavy atom. The Morgan fingerprint density at radius 3 is 2.23 bits per heavy atom. The van der Waals surface area contributed by atoms with Crippen molar-refractivity contribution in [1.29, 1.82) is 0 Å². The van der Waals surface area contributed by atoms with Crippen LogP contribution >= 0.6 is 0 Å². The Balaban J connectivity index is 1.56. The molecular formula is C24H21N3O4. The minimum Gasteiger partial charge on any atom is -0.493 e. The minimum atomic E-state index is -0.122. The van der Waals surface area contributed by atoms with Gasteiger partial charge in [0.25, 0.3) is 0 Å². The molecule has 0 unspecified atom stereocenters. The van der Waals surface area contributed by atoms with Crippen molar-refractivity contribution < 1.29 is 19.0 Å². The van der Waals surface area contributed by atoms with Gasteiger partial charge in [-0.1, -0.05) is 23.4 Å². The molecule has 4 aromatic rings. The summed E-state index contributed by atoms with van der Waals surface area (Å²) in [5.41, 5.74) is 3.88. The zero-order valence-electron chi connectivity index (χ0n) is 17.4. The molecule has 0 saturated heterocycles. The standard InChI is InChI=1S/C24H21N3O4/c1-29-22-14-16(15-23(30-2)24(22)31-3)8-13-21(28)17-9-11-18(12-10-17)27-20-7-5-4-6-19(20)25-26-27/h4-15H,1-3H3/b13-8+. The number of ether oxygens (including phenoxy) is 3. The van der Waals surface area contributed by atoms with Gasteiger partial charge in [-0.2, -0.15) is 0 Å². The summed E-state index contributed by atoms with van der Waals surface area (Å²) in [4.78, 5) is 12.7. The fraction of sp³-hybridized carbons (Fsp3) is 0.125. The summed E-state index contributed by atoms with van der Waals surface area (Å²) in [5, 5.41) is 8.36. The molecule has 7 nitrogen and oxygen atoms in total. The highest BCUT2D eigenvalue weighted by molar-refractivity contribution is 6.07. The molecule has 7 heteroatoms.